The first-order chi connectivity index (χ1) is 7.19. The fourth-order valence-electron chi connectivity index (χ4n) is 0.888. The Morgan fingerprint density at radius 3 is 2.44 bits per heavy atom. The number of hydrogen-bond donors (Lipinski definition) is 2. The van der Waals surface area contributed by atoms with Crippen molar-refractivity contribution in [2.45, 2.75) is 32.4 Å². The van der Waals surface area contributed by atoms with Gasteiger partial charge in [-0.3, -0.25) is 9.00 Å². The lowest BCUT2D eigenvalue weighted by Gasteiger charge is -2.22. The molecule has 0 aliphatic heterocycles. The summed E-state index contributed by atoms with van der Waals surface area (Å²) < 4.78 is 11.1. The first-order valence-electron chi connectivity index (χ1n) is 5.10. The van der Waals surface area contributed by atoms with Crippen LogP contribution in [-0.2, 0) is 15.6 Å². The second kappa shape index (κ2) is 6.30. The molecule has 0 aliphatic rings. The monoisotopic (exact) mass is 264 g/mol. The third kappa shape index (κ3) is 4.57. The van der Waals surface area contributed by atoms with E-state index in [2.05, 4.69) is 5.32 Å². The summed E-state index contributed by atoms with van der Waals surface area (Å²) in [5.41, 5.74) is 4.64. The maximum Gasteiger partial charge on any atom is 0.232 e. The van der Waals surface area contributed by atoms with Gasteiger partial charge in [0.25, 0.3) is 0 Å². The number of nitrogens with one attached hydrogen (secondary N) is 1. The molecule has 0 aliphatic carbocycles. The standard InChI is InChI=1S/C10H20N2O2S2/c1-7(16(4)14)5-6-12-9(13)10(2,3)8(11)15/h7H,5-6H2,1-4H3,(H2,11,15)(H,12,13). The smallest absolute Gasteiger partial charge is 0.232 e. The summed E-state index contributed by atoms with van der Waals surface area (Å²) in [4.78, 5) is 11.9. The van der Waals surface area contributed by atoms with Crippen molar-refractivity contribution < 1.29 is 9.00 Å². The number of hydrogen-bond acceptors (Lipinski definition) is 3. The van der Waals surface area contributed by atoms with Gasteiger partial charge in [0.1, 0.15) is 0 Å². The van der Waals surface area contributed by atoms with Gasteiger partial charge in [-0.1, -0.05) is 19.1 Å². The molecule has 4 nitrogen and oxygen atoms in total. The van der Waals surface area contributed by atoms with Crippen LogP contribution in [0.5, 0.6) is 0 Å². The highest BCUT2D eigenvalue weighted by Gasteiger charge is 2.30. The van der Waals surface area contributed by atoms with Crippen molar-refractivity contribution in [3.63, 3.8) is 0 Å². The summed E-state index contributed by atoms with van der Waals surface area (Å²) in [7, 11) is -0.857. The number of carbonyl (C=O) groups is 1. The van der Waals surface area contributed by atoms with Crippen LogP contribution in [0, 0.1) is 5.41 Å². The van der Waals surface area contributed by atoms with E-state index < -0.39 is 16.2 Å². The molecule has 3 N–H and O–H groups in total. The topological polar surface area (TPSA) is 72.2 Å². The number of thiocarbonyl (C=S) groups is 1. The van der Waals surface area contributed by atoms with Gasteiger partial charge in [0, 0.05) is 28.9 Å². The van der Waals surface area contributed by atoms with E-state index in [1.54, 1.807) is 20.1 Å². The summed E-state index contributed by atoms with van der Waals surface area (Å²) >= 11 is 4.82. The minimum absolute atomic E-state index is 0.0771. The van der Waals surface area contributed by atoms with E-state index in [1.807, 2.05) is 6.92 Å². The van der Waals surface area contributed by atoms with Crippen LogP contribution in [0.4, 0.5) is 0 Å². The molecule has 6 heteroatoms. The molecular weight excluding hydrogens is 244 g/mol. The molecule has 0 aromatic heterocycles. The maximum atomic E-state index is 11.7. The molecule has 1 amide bonds. The average molecular weight is 264 g/mol. The zero-order valence-electron chi connectivity index (χ0n) is 10.2. The minimum atomic E-state index is -0.857. The fourth-order valence-corrected chi connectivity index (χ4v) is 1.43. The van der Waals surface area contributed by atoms with Gasteiger partial charge in [-0.25, -0.2) is 0 Å². The molecule has 16 heavy (non-hydrogen) atoms. The van der Waals surface area contributed by atoms with Crippen LogP contribution in [0.1, 0.15) is 27.2 Å². The molecule has 0 saturated heterocycles. The minimum Gasteiger partial charge on any atom is -0.392 e. The predicted octanol–water partition coefficient (Wildman–Crippen LogP) is 0.572. The van der Waals surface area contributed by atoms with Crippen molar-refractivity contribution in [3.05, 3.63) is 0 Å². The Hall–Kier alpha value is -0.490. The zero-order chi connectivity index (χ0) is 12.9. The first-order valence-corrected chi connectivity index (χ1v) is 7.13. The SMILES string of the molecule is CC(CCNC(=O)C(C)(C)C(N)=S)S(C)=O. The summed E-state index contributed by atoms with van der Waals surface area (Å²) in [5.74, 6) is -0.186. The van der Waals surface area contributed by atoms with E-state index in [1.165, 1.54) is 0 Å². The van der Waals surface area contributed by atoms with Crippen LogP contribution in [0.2, 0.25) is 0 Å². The Morgan fingerprint density at radius 1 is 1.56 bits per heavy atom. The molecule has 0 fully saturated rings. The Morgan fingerprint density at radius 2 is 2.06 bits per heavy atom. The van der Waals surface area contributed by atoms with Gasteiger partial charge in [-0.15, -0.1) is 0 Å². The molecule has 0 spiro atoms. The number of amides is 1. The van der Waals surface area contributed by atoms with E-state index in [0.29, 0.717) is 13.0 Å². The quantitative estimate of drug-likeness (QED) is 0.688. The summed E-state index contributed by atoms with van der Waals surface area (Å²) in [6, 6.07) is 0. The first kappa shape index (κ1) is 15.5. The van der Waals surface area contributed by atoms with Crippen molar-refractivity contribution in [2.75, 3.05) is 12.8 Å². The van der Waals surface area contributed by atoms with Crippen molar-refractivity contribution in [1.29, 1.82) is 0 Å². The summed E-state index contributed by atoms with van der Waals surface area (Å²) in [6.07, 6.45) is 2.34. The lowest BCUT2D eigenvalue weighted by molar-refractivity contribution is -0.126. The molecule has 0 heterocycles. The van der Waals surface area contributed by atoms with Crippen LogP contribution >= 0.6 is 12.2 Å². The van der Waals surface area contributed by atoms with Gasteiger partial charge in [0.15, 0.2) is 0 Å². The molecular formula is C10H20N2O2S2. The Labute approximate surface area is 105 Å². The average Bonchev–Trinajstić information content (AvgIpc) is 2.16. The summed E-state index contributed by atoms with van der Waals surface area (Å²) in [5, 5.41) is 2.83. The van der Waals surface area contributed by atoms with E-state index in [9.17, 15) is 9.00 Å². The number of nitrogens with two attached hydrogens (primary N) is 1. The van der Waals surface area contributed by atoms with Crippen molar-refractivity contribution in [1.82, 2.24) is 5.32 Å². The zero-order valence-corrected chi connectivity index (χ0v) is 11.8. The highest BCUT2D eigenvalue weighted by molar-refractivity contribution is 7.84. The van der Waals surface area contributed by atoms with Crippen LogP contribution in [0.15, 0.2) is 0 Å². The molecule has 0 saturated carbocycles. The van der Waals surface area contributed by atoms with Gasteiger partial charge in [0.05, 0.1) is 10.4 Å². The van der Waals surface area contributed by atoms with Gasteiger partial charge < -0.3 is 11.1 Å². The largest absolute Gasteiger partial charge is 0.392 e. The normalized spacial score (nSPS) is 15.2. The predicted molar refractivity (Wildman–Crippen MR) is 71.7 cm³/mol. The van der Waals surface area contributed by atoms with Crippen LogP contribution in [0.3, 0.4) is 0 Å². The Bertz CT molecular complexity index is 303. The van der Waals surface area contributed by atoms with E-state index in [-0.39, 0.29) is 16.1 Å². The third-order valence-corrected chi connectivity index (χ3v) is 4.47. The van der Waals surface area contributed by atoms with Crippen LogP contribution < -0.4 is 11.1 Å². The van der Waals surface area contributed by atoms with Crippen molar-refractivity contribution >= 4 is 33.9 Å². The van der Waals surface area contributed by atoms with Crippen molar-refractivity contribution in [3.8, 4) is 0 Å². The second-order valence-corrected chi connectivity index (χ2v) is 6.58. The van der Waals surface area contributed by atoms with Crippen LogP contribution in [-0.4, -0.2) is 33.2 Å². The van der Waals surface area contributed by atoms with E-state index >= 15 is 0 Å². The van der Waals surface area contributed by atoms with E-state index in [4.69, 9.17) is 18.0 Å². The second-order valence-electron chi connectivity index (χ2n) is 4.34. The Balaban J connectivity index is 4.09. The molecule has 94 valence electrons. The lowest BCUT2D eigenvalue weighted by atomic mass is 9.92. The lowest BCUT2D eigenvalue weighted by Crippen LogP contribution is -2.45. The van der Waals surface area contributed by atoms with E-state index in [0.717, 1.165) is 0 Å². The molecule has 2 unspecified atom stereocenters. The number of carbonyl (C=O) groups excluding carboxylic acids is 1. The Kier molecular flexibility index (Phi) is 6.10. The highest BCUT2D eigenvalue weighted by Crippen LogP contribution is 2.15. The molecule has 0 aromatic carbocycles. The fraction of sp³-hybridized carbons (Fsp3) is 0.800. The van der Waals surface area contributed by atoms with Crippen molar-refractivity contribution in [2.24, 2.45) is 11.1 Å². The molecule has 0 bridgehead atoms. The molecule has 0 aromatic rings. The van der Waals surface area contributed by atoms with Gasteiger partial charge >= 0.3 is 0 Å². The third-order valence-electron chi connectivity index (χ3n) is 2.59. The molecule has 2 atom stereocenters. The highest BCUT2D eigenvalue weighted by atomic mass is 32.2. The summed E-state index contributed by atoms with van der Waals surface area (Å²) in [6.45, 7) is 5.75. The molecule has 0 radical (unpaired) electrons. The van der Waals surface area contributed by atoms with Gasteiger partial charge in [-0.2, -0.15) is 0 Å². The molecule has 0 rings (SSSR count). The maximum absolute atomic E-state index is 11.7. The number of rotatable bonds is 6. The van der Waals surface area contributed by atoms with Crippen LogP contribution in [0.25, 0.3) is 0 Å². The van der Waals surface area contributed by atoms with Gasteiger partial charge in [0.2, 0.25) is 5.91 Å². The van der Waals surface area contributed by atoms with Gasteiger partial charge in [-0.05, 0) is 20.3 Å².